The highest BCUT2D eigenvalue weighted by molar-refractivity contribution is 6.19. The number of aliphatic hydroxyl groups is 2. The van der Waals surface area contributed by atoms with E-state index in [1.54, 1.807) is 38.3 Å². The van der Waals surface area contributed by atoms with Crippen LogP contribution in [0.5, 0.6) is 17.2 Å². The molecule has 1 saturated heterocycles. The number of aromatic hydroxyl groups is 2. The van der Waals surface area contributed by atoms with Gasteiger partial charge in [-0.3, -0.25) is 24.4 Å². The topological polar surface area (TPSA) is 255 Å². The van der Waals surface area contributed by atoms with Crippen molar-refractivity contribution < 1.29 is 49.0 Å². The summed E-state index contributed by atoms with van der Waals surface area (Å²) < 4.78 is 18.7. The van der Waals surface area contributed by atoms with Crippen molar-refractivity contribution in [2.45, 2.75) is 150 Å². The van der Waals surface area contributed by atoms with Crippen molar-refractivity contribution in [2.75, 3.05) is 38.6 Å². The summed E-state index contributed by atoms with van der Waals surface area (Å²) in [4.78, 5) is 55.2. The molecule has 5 heterocycles. The lowest BCUT2D eigenvalue weighted by molar-refractivity contribution is -0.159. The number of phenols is 2. The summed E-state index contributed by atoms with van der Waals surface area (Å²) in [5.41, 5.74) is 6.61. The lowest BCUT2D eigenvalue weighted by Gasteiger charge is -2.36. The average molecular weight is 1000 g/mol. The first-order valence-corrected chi connectivity index (χ1v) is 25.9. The number of Topliss-reactive ketones (excluding diaryl/α,β-unsaturated/α-hetero) is 1. The van der Waals surface area contributed by atoms with Crippen LogP contribution in [0.3, 0.4) is 0 Å². The number of nitrogens with one attached hydrogen (secondary N) is 1. The van der Waals surface area contributed by atoms with Gasteiger partial charge in [0.25, 0.3) is 11.7 Å². The highest BCUT2D eigenvalue weighted by Crippen LogP contribution is 2.50. The van der Waals surface area contributed by atoms with E-state index in [0.29, 0.717) is 55.2 Å². The average Bonchev–Trinajstić information content (AvgIpc) is 3.83. The van der Waals surface area contributed by atoms with E-state index in [4.69, 9.17) is 40.9 Å². The molecule has 2 aromatic rings. The van der Waals surface area contributed by atoms with Crippen molar-refractivity contribution >= 4 is 34.1 Å². The molecule has 17 nitrogen and oxygen atoms in total. The first kappa shape index (κ1) is 55.8. The number of likely N-dealkylation sites (tertiary alicyclic amines) is 1. The maximum atomic E-state index is 14.8. The van der Waals surface area contributed by atoms with Crippen molar-refractivity contribution in [1.29, 1.82) is 0 Å². The van der Waals surface area contributed by atoms with E-state index in [-0.39, 0.29) is 74.1 Å². The summed E-state index contributed by atoms with van der Waals surface area (Å²) in [6, 6.07) is 0. The summed E-state index contributed by atoms with van der Waals surface area (Å²) >= 11 is 0. The van der Waals surface area contributed by atoms with E-state index < -0.39 is 53.0 Å². The molecule has 2 fully saturated rings. The Bertz CT molecular complexity index is 2580. The van der Waals surface area contributed by atoms with Gasteiger partial charge in [0.15, 0.2) is 11.4 Å². The number of allylic oxidation sites excluding steroid dienone is 5. The van der Waals surface area contributed by atoms with E-state index >= 15 is 0 Å². The molecule has 5 bridgehead atoms. The zero-order valence-corrected chi connectivity index (χ0v) is 44.2. The Morgan fingerprint density at radius 3 is 2.35 bits per heavy atom. The summed E-state index contributed by atoms with van der Waals surface area (Å²) in [6.45, 7) is 19.0. The third-order valence-electron chi connectivity index (χ3n) is 15.1. The molecule has 72 heavy (non-hydrogen) atoms. The van der Waals surface area contributed by atoms with E-state index in [2.05, 4.69) is 24.1 Å². The molecule has 0 aromatic heterocycles. The Morgan fingerprint density at radius 2 is 1.68 bits per heavy atom. The number of esters is 1. The number of rotatable bonds is 8. The summed E-state index contributed by atoms with van der Waals surface area (Å²) in [6.07, 6.45) is 17.1. The molecule has 3 unspecified atom stereocenters. The van der Waals surface area contributed by atoms with Crippen LogP contribution in [-0.4, -0.2) is 105 Å². The fraction of sp³-hybridized carbons (Fsp3) is 0.618. The van der Waals surface area contributed by atoms with Crippen molar-refractivity contribution in [3.05, 3.63) is 69.9 Å². The molecule has 6 aliphatic rings. The summed E-state index contributed by atoms with van der Waals surface area (Å²) in [5.74, 6) is 1.90. The minimum atomic E-state index is -1.90. The highest BCUT2D eigenvalue weighted by Gasteiger charge is 2.50. The van der Waals surface area contributed by atoms with Gasteiger partial charge in [-0.25, -0.2) is 5.84 Å². The maximum absolute atomic E-state index is 14.8. The highest BCUT2D eigenvalue weighted by atomic mass is 16.7. The van der Waals surface area contributed by atoms with Crippen LogP contribution in [0, 0.1) is 42.4 Å². The van der Waals surface area contributed by atoms with Gasteiger partial charge in [0.05, 0.1) is 28.7 Å². The monoisotopic (exact) mass is 1000 g/mol. The van der Waals surface area contributed by atoms with Gasteiger partial charge >= 0.3 is 11.8 Å². The van der Waals surface area contributed by atoms with Crippen LogP contribution < -0.4 is 32.3 Å². The van der Waals surface area contributed by atoms with Crippen molar-refractivity contribution in [2.24, 2.45) is 57.1 Å². The number of benzene rings is 2. The van der Waals surface area contributed by atoms with E-state index in [9.17, 15) is 29.7 Å². The van der Waals surface area contributed by atoms with Crippen LogP contribution in [-0.2, 0) is 19.1 Å². The molecular formula is C55H81N7O10. The standard InChI is InChI=1S/C54H77N7O9.CH4O/c1-30(2)27-60-22-20-54(21-23-60)58-43-40-41-47(64)36(8)50-42(40)51(66)53(9,70-50)68-24-14-17-32(4)49(69-39(62)29-61(56)28-38(55)26-37-18-11-10-12-19-37)35(7)46(63)34(6)25-31(3)15-13-16-33(5)52(67)57-45(48(41)65)44(43)59-54;1-2/h13-16,24,28,30-32,34-35,37,46,49,63-65H,10-12,17-23,25-27,29,55-56H2,1-9H3,(H,57,67);2H,1H3/b15-13+,24-14+,33-16-,38-28-;/t31?,32-,34-,35-,46?,49-,53?;/m1./s1. The van der Waals surface area contributed by atoms with Crippen LogP contribution in [0.25, 0.3) is 10.8 Å². The largest absolute Gasteiger partial charge is 0.507 e. The van der Waals surface area contributed by atoms with Gasteiger partial charge in [-0.15, -0.1) is 0 Å². The van der Waals surface area contributed by atoms with Crippen molar-refractivity contribution in [3.63, 3.8) is 0 Å². The molecule has 1 aliphatic carbocycles. The van der Waals surface area contributed by atoms with Crippen LogP contribution in [0.4, 0.5) is 5.69 Å². The first-order chi connectivity index (χ1) is 34.1. The predicted molar refractivity (Wildman–Crippen MR) is 277 cm³/mol. The van der Waals surface area contributed by atoms with Crippen LogP contribution in [0.2, 0.25) is 0 Å². The Hall–Kier alpha value is -5.49. The second-order valence-electron chi connectivity index (χ2n) is 21.6. The molecule has 396 valence electrons. The summed E-state index contributed by atoms with van der Waals surface area (Å²) in [5, 5.41) is 47.7. The molecule has 8 rings (SSSR count). The van der Waals surface area contributed by atoms with Crippen LogP contribution in [0.15, 0.2) is 58.0 Å². The normalized spacial score (nSPS) is 28.9. The zero-order chi connectivity index (χ0) is 52.8. The number of nitrogens with two attached hydrogens (primary N) is 2. The number of hydrogen-bond acceptors (Lipinski definition) is 16. The molecular weight excluding hydrogens is 919 g/mol. The number of hydrazine groups is 1. The predicted octanol–water partition coefficient (Wildman–Crippen LogP) is 6.69. The van der Waals surface area contributed by atoms with Crippen molar-refractivity contribution in [1.82, 2.24) is 9.91 Å². The fourth-order valence-corrected chi connectivity index (χ4v) is 11.2. The quantitative estimate of drug-likeness (QED) is 0.0630. The SMILES string of the molecule is C/C1=C/C=C/C(C)C[C@@H](C)C(O)[C@@H](C)[C@H](OC(=O)CN(N)/C=C(\N)CC2CCCCC2)[C@H](C)C/C=C/OC2(C)Oc3c(C)c(O)c4c(O)c(c5c(c4c3C2=O)=NC2(CCN(CC(C)C)CC2)N=5)NC1=O.CO. The first-order valence-electron chi connectivity index (χ1n) is 25.9. The van der Waals surface area contributed by atoms with E-state index in [0.717, 1.165) is 39.6 Å². The maximum Gasteiger partial charge on any atom is 0.327 e. The Labute approximate surface area is 424 Å². The second kappa shape index (κ2) is 23.6. The minimum Gasteiger partial charge on any atom is -0.507 e. The molecule has 2 aromatic carbocycles. The Balaban J connectivity index is 0.00000418. The number of amides is 1. The number of aliphatic hydroxyl groups excluding tert-OH is 2. The number of piperidine rings is 1. The second-order valence-corrected chi connectivity index (χ2v) is 21.6. The number of carbonyl (C=O) groups excluding carboxylic acids is 3. The smallest absolute Gasteiger partial charge is 0.327 e. The molecule has 5 aliphatic heterocycles. The van der Waals surface area contributed by atoms with Crippen LogP contribution >= 0.6 is 0 Å². The zero-order valence-electron chi connectivity index (χ0n) is 44.2. The van der Waals surface area contributed by atoms with Gasteiger partial charge in [-0.1, -0.05) is 91.9 Å². The number of fused-ring (bicyclic) bond motifs is 13. The van der Waals surface area contributed by atoms with Crippen molar-refractivity contribution in [3.8, 4) is 17.2 Å². The molecule has 1 saturated carbocycles. The molecule has 1 amide bonds. The fourth-order valence-electron chi connectivity index (χ4n) is 11.2. The third kappa shape index (κ3) is 12.3. The Morgan fingerprint density at radius 1 is 1.01 bits per heavy atom. The van der Waals surface area contributed by atoms with E-state index in [1.165, 1.54) is 37.5 Å². The molecule has 7 atom stereocenters. The van der Waals surface area contributed by atoms with Crippen LogP contribution in [0.1, 0.15) is 136 Å². The summed E-state index contributed by atoms with van der Waals surface area (Å²) in [7, 11) is 1.00. The number of nitrogens with zero attached hydrogens (tertiary/aromatic N) is 4. The van der Waals surface area contributed by atoms with Gasteiger partial charge < -0.3 is 55.6 Å². The van der Waals surface area contributed by atoms with Gasteiger partial charge in [-0.05, 0) is 68.8 Å². The number of hydrogen-bond donors (Lipinski definition) is 7. The lowest BCUT2D eigenvalue weighted by Crippen LogP contribution is -2.43. The number of anilines is 1. The Kier molecular flexibility index (Phi) is 18.3. The molecule has 0 radical (unpaired) electrons. The van der Waals surface area contributed by atoms with Gasteiger partial charge in [0, 0.05) is 80.8 Å². The number of carbonyl (C=O) groups is 3. The van der Waals surface area contributed by atoms with Gasteiger partial charge in [0.2, 0.25) is 0 Å². The molecule has 17 heteroatoms. The molecule has 1 spiro atoms. The number of ether oxygens (including phenoxy) is 3. The van der Waals surface area contributed by atoms with E-state index in [1.807, 2.05) is 33.8 Å². The number of ketones is 1. The van der Waals surface area contributed by atoms with Gasteiger partial charge in [-0.2, -0.15) is 0 Å². The lowest BCUT2D eigenvalue weighted by atomic mass is 9.80. The third-order valence-corrected chi connectivity index (χ3v) is 15.1. The molecule has 9 N–H and O–H groups in total. The van der Waals surface area contributed by atoms with Gasteiger partial charge in [0.1, 0.15) is 35.2 Å². The minimum absolute atomic E-state index is 0.0120. The number of phenolic OH excluding ortho intramolecular Hbond substituents is 2.